The number of carbonyl (C=O) groups excluding carboxylic acids is 1. The van der Waals surface area contributed by atoms with Crippen molar-refractivity contribution in [3.8, 4) is 0 Å². The lowest BCUT2D eigenvalue weighted by molar-refractivity contribution is 0.0741. The number of anilines is 1. The van der Waals surface area contributed by atoms with E-state index in [1.54, 1.807) is 18.6 Å². The van der Waals surface area contributed by atoms with E-state index in [9.17, 15) is 4.79 Å². The summed E-state index contributed by atoms with van der Waals surface area (Å²) in [5.74, 6) is 0.838. The van der Waals surface area contributed by atoms with Crippen LogP contribution in [0.2, 0.25) is 0 Å². The highest BCUT2D eigenvalue weighted by molar-refractivity contribution is 5.93. The first kappa shape index (κ1) is 14.6. The number of hydrogen-bond acceptors (Lipinski definition) is 5. The van der Waals surface area contributed by atoms with Crippen molar-refractivity contribution in [3.63, 3.8) is 0 Å². The summed E-state index contributed by atoms with van der Waals surface area (Å²) in [4.78, 5) is 29.6. The second-order valence-electron chi connectivity index (χ2n) is 5.86. The average Bonchev–Trinajstić information content (AvgIpc) is 3.08. The lowest BCUT2D eigenvalue weighted by Crippen LogP contribution is -2.49. The first-order valence-electron chi connectivity index (χ1n) is 7.97. The van der Waals surface area contributed by atoms with Crippen LogP contribution in [0.15, 0.2) is 43.0 Å². The number of nitrogens with zero attached hydrogens (tertiary/aromatic N) is 6. The van der Waals surface area contributed by atoms with Gasteiger partial charge in [0.15, 0.2) is 0 Å². The molecule has 24 heavy (non-hydrogen) atoms. The Labute approximate surface area is 139 Å². The van der Waals surface area contributed by atoms with Crippen molar-refractivity contribution < 1.29 is 4.79 Å². The van der Waals surface area contributed by atoms with Crippen molar-refractivity contribution >= 4 is 17.4 Å². The Morgan fingerprint density at radius 1 is 1.12 bits per heavy atom. The smallest absolute Gasteiger partial charge is 0.274 e. The third kappa shape index (κ3) is 2.58. The standard InChI is InChI=1S/C17H18N6O/c1-13-3-2-4-15-20-14(12-23(13)15)17(24)22-9-7-21(8-10-22)16-11-18-5-6-19-16/h2-6,11-12H,7-10H2,1H3. The number of pyridine rings is 1. The van der Waals surface area contributed by atoms with E-state index in [0.29, 0.717) is 18.8 Å². The normalized spacial score (nSPS) is 15.0. The zero-order valence-corrected chi connectivity index (χ0v) is 13.5. The van der Waals surface area contributed by atoms with Crippen molar-refractivity contribution in [1.29, 1.82) is 0 Å². The third-order valence-electron chi connectivity index (χ3n) is 4.36. The summed E-state index contributed by atoms with van der Waals surface area (Å²) in [6, 6.07) is 5.87. The molecule has 1 saturated heterocycles. The summed E-state index contributed by atoms with van der Waals surface area (Å²) in [6.45, 7) is 4.81. The van der Waals surface area contributed by atoms with E-state index in [2.05, 4.69) is 19.9 Å². The predicted octanol–water partition coefficient (Wildman–Crippen LogP) is 1.40. The minimum Gasteiger partial charge on any atom is -0.352 e. The van der Waals surface area contributed by atoms with Gasteiger partial charge < -0.3 is 14.2 Å². The molecule has 0 spiro atoms. The zero-order valence-electron chi connectivity index (χ0n) is 13.5. The van der Waals surface area contributed by atoms with Gasteiger partial charge in [-0.25, -0.2) is 9.97 Å². The Hall–Kier alpha value is -2.96. The van der Waals surface area contributed by atoms with Crippen LogP contribution in [0.4, 0.5) is 5.82 Å². The molecular weight excluding hydrogens is 304 g/mol. The lowest BCUT2D eigenvalue weighted by atomic mass is 10.3. The highest BCUT2D eigenvalue weighted by atomic mass is 16.2. The lowest BCUT2D eigenvalue weighted by Gasteiger charge is -2.34. The largest absolute Gasteiger partial charge is 0.352 e. The molecule has 1 fully saturated rings. The van der Waals surface area contributed by atoms with Crippen LogP contribution in [0.25, 0.3) is 5.65 Å². The van der Waals surface area contributed by atoms with Gasteiger partial charge in [0.2, 0.25) is 0 Å². The van der Waals surface area contributed by atoms with Crippen LogP contribution < -0.4 is 4.90 Å². The highest BCUT2D eigenvalue weighted by Crippen LogP contribution is 2.15. The summed E-state index contributed by atoms with van der Waals surface area (Å²) in [6.07, 6.45) is 6.92. The fraction of sp³-hybridized carbons (Fsp3) is 0.294. The van der Waals surface area contributed by atoms with Gasteiger partial charge in [-0.05, 0) is 19.1 Å². The SMILES string of the molecule is Cc1cccc2nc(C(=O)N3CCN(c4cnccn4)CC3)cn12. The van der Waals surface area contributed by atoms with E-state index in [1.165, 1.54) is 0 Å². The molecule has 0 N–H and O–H groups in total. The molecule has 4 rings (SSSR count). The maximum absolute atomic E-state index is 12.7. The summed E-state index contributed by atoms with van der Waals surface area (Å²) in [7, 11) is 0. The summed E-state index contributed by atoms with van der Waals surface area (Å²) in [5, 5.41) is 0. The fourth-order valence-corrected chi connectivity index (χ4v) is 3.01. The molecule has 0 aliphatic carbocycles. The van der Waals surface area contributed by atoms with Crippen LogP contribution in [0.3, 0.4) is 0 Å². The van der Waals surface area contributed by atoms with Gasteiger partial charge in [-0.3, -0.25) is 9.78 Å². The molecule has 0 radical (unpaired) electrons. The summed E-state index contributed by atoms with van der Waals surface area (Å²) in [5.41, 5.74) is 2.36. The highest BCUT2D eigenvalue weighted by Gasteiger charge is 2.24. The molecule has 1 aliphatic rings. The maximum atomic E-state index is 12.7. The molecule has 1 aliphatic heterocycles. The number of piperazine rings is 1. The molecule has 3 aromatic rings. The van der Waals surface area contributed by atoms with Crippen LogP contribution in [0, 0.1) is 6.92 Å². The van der Waals surface area contributed by atoms with Crippen LogP contribution in [-0.2, 0) is 0 Å². The second-order valence-corrected chi connectivity index (χ2v) is 5.86. The molecular formula is C17H18N6O. The van der Waals surface area contributed by atoms with E-state index in [-0.39, 0.29) is 5.91 Å². The van der Waals surface area contributed by atoms with Gasteiger partial charge in [-0.2, -0.15) is 0 Å². The van der Waals surface area contributed by atoms with Gasteiger partial charge in [-0.15, -0.1) is 0 Å². The summed E-state index contributed by atoms with van der Waals surface area (Å²) >= 11 is 0. The van der Waals surface area contributed by atoms with Crippen LogP contribution >= 0.6 is 0 Å². The Morgan fingerprint density at radius 2 is 1.96 bits per heavy atom. The Bertz CT molecular complexity index is 867. The molecule has 0 bridgehead atoms. The molecule has 3 aromatic heterocycles. The maximum Gasteiger partial charge on any atom is 0.274 e. The quantitative estimate of drug-likeness (QED) is 0.713. The first-order chi connectivity index (χ1) is 11.7. The monoisotopic (exact) mass is 322 g/mol. The molecule has 7 nitrogen and oxygen atoms in total. The molecule has 122 valence electrons. The average molecular weight is 322 g/mol. The Kier molecular flexibility index (Phi) is 3.60. The van der Waals surface area contributed by atoms with Crippen molar-refractivity contribution in [1.82, 2.24) is 24.3 Å². The molecule has 0 saturated carbocycles. The number of aryl methyl sites for hydroxylation is 1. The van der Waals surface area contributed by atoms with Crippen molar-refractivity contribution in [2.45, 2.75) is 6.92 Å². The van der Waals surface area contributed by atoms with Crippen LogP contribution in [-0.4, -0.2) is 56.3 Å². The van der Waals surface area contributed by atoms with Gasteiger partial charge >= 0.3 is 0 Å². The van der Waals surface area contributed by atoms with Gasteiger partial charge in [0, 0.05) is 50.5 Å². The number of amides is 1. The van der Waals surface area contributed by atoms with E-state index >= 15 is 0 Å². The van der Waals surface area contributed by atoms with Crippen molar-refractivity contribution in [2.75, 3.05) is 31.1 Å². The van der Waals surface area contributed by atoms with E-state index in [0.717, 1.165) is 30.2 Å². The van der Waals surface area contributed by atoms with Crippen molar-refractivity contribution in [3.05, 3.63) is 54.4 Å². The number of rotatable bonds is 2. The Balaban J connectivity index is 1.48. The minimum absolute atomic E-state index is 0.0168. The molecule has 4 heterocycles. The van der Waals surface area contributed by atoms with E-state index in [4.69, 9.17) is 0 Å². The van der Waals surface area contributed by atoms with Gasteiger partial charge in [0.25, 0.3) is 5.91 Å². The molecule has 1 amide bonds. The zero-order chi connectivity index (χ0) is 16.5. The van der Waals surface area contributed by atoms with E-state index in [1.807, 2.05) is 40.6 Å². The molecule has 0 unspecified atom stereocenters. The fourth-order valence-electron chi connectivity index (χ4n) is 3.01. The van der Waals surface area contributed by atoms with Gasteiger partial charge in [0.05, 0.1) is 6.20 Å². The Morgan fingerprint density at radius 3 is 2.67 bits per heavy atom. The minimum atomic E-state index is -0.0168. The number of aromatic nitrogens is 4. The van der Waals surface area contributed by atoms with E-state index < -0.39 is 0 Å². The molecule has 0 atom stereocenters. The van der Waals surface area contributed by atoms with Crippen molar-refractivity contribution in [2.24, 2.45) is 0 Å². The number of hydrogen-bond donors (Lipinski definition) is 0. The molecule has 7 heteroatoms. The first-order valence-corrected chi connectivity index (χ1v) is 7.97. The number of imidazole rings is 1. The van der Waals surface area contributed by atoms with Gasteiger partial charge in [0.1, 0.15) is 17.2 Å². The topological polar surface area (TPSA) is 66.6 Å². The van der Waals surface area contributed by atoms with Crippen LogP contribution in [0.1, 0.15) is 16.2 Å². The molecule has 0 aromatic carbocycles. The summed E-state index contributed by atoms with van der Waals surface area (Å²) < 4.78 is 1.95. The van der Waals surface area contributed by atoms with Crippen LogP contribution in [0.5, 0.6) is 0 Å². The second kappa shape index (κ2) is 5.92. The number of carbonyl (C=O) groups is 1. The van der Waals surface area contributed by atoms with Gasteiger partial charge in [-0.1, -0.05) is 6.07 Å². The third-order valence-corrected chi connectivity index (χ3v) is 4.36. The predicted molar refractivity (Wildman–Crippen MR) is 90.1 cm³/mol. The number of fused-ring (bicyclic) bond motifs is 1.